The fraction of sp³-hybridized carbons (Fsp3) is 0.316. The van der Waals surface area contributed by atoms with Crippen LogP contribution >= 0.6 is 24.0 Å². The molecule has 1 aliphatic rings. The van der Waals surface area contributed by atoms with Crippen molar-refractivity contribution in [2.24, 2.45) is 4.99 Å². The van der Waals surface area contributed by atoms with E-state index in [1.54, 1.807) is 25.2 Å². The zero-order chi connectivity index (χ0) is 20.0. The number of halogens is 4. The Morgan fingerprint density at radius 3 is 2.55 bits per heavy atom. The zero-order valence-corrected chi connectivity index (χ0v) is 17.9. The van der Waals surface area contributed by atoms with Gasteiger partial charge < -0.3 is 24.8 Å². The fourth-order valence-electron chi connectivity index (χ4n) is 2.59. The molecule has 3 rings (SSSR count). The molecule has 0 atom stereocenters. The highest BCUT2D eigenvalue weighted by Gasteiger charge is 2.28. The normalized spacial score (nSPS) is 12.9. The highest BCUT2D eigenvalue weighted by Crippen LogP contribution is 2.32. The summed E-state index contributed by atoms with van der Waals surface area (Å²) >= 11 is 0. The minimum Gasteiger partial charge on any atom is -0.484 e. The average molecular weight is 523 g/mol. The first kappa shape index (κ1) is 22.9. The number of hydrogen-bond acceptors (Lipinski definition) is 4. The number of guanidine groups is 1. The van der Waals surface area contributed by atoms with Gasteiger partial charge in [0.25, 0.3) is 0 Å². The monoisotopic (exact) mass is 523 g/mol. The summed E-state index contributed by atoms with van der Waals surface area (Å²) in [5.74, 6) is 2.08. The second kappa shape index (κ2) is 10.4. The first-order valence-electron chi connectivity index (χ1n) is 8.55. The molecule has 0 saturated heterocycles. The van der Waals surface area contributed by atoms with Crippen LogP contribution in [0.15, 0.2) is 47.5 Å². The quantitative estimate of drug-likeness (QED) is 0.343. The Morgan fingerprint density at radius 1 is 1.07 bits per heavy atom. The molecule has 0 aliphatic carbocycles. The Kier molecular flexibility index (Phi) is 8.23. The molecule has 0 spiro atoms. The van der Waals surface area contributed by atoms with Gasteiger partial charge in [0.15, 0.2) is 24.1 Å². The smallest absolute Gasteiger partial charge is 0.422 e. The fourth-order valence-corrected chi connectivity index (χ4v) is 2.59. The van der Waals surface area contributed by atoms with E-state index in [-0.39, 0.29) is 43.1 Å². The molecule has 0 unspecified atom stereocenters. The molecule has 158 valence electrons. The number of nitrogens with zero attached hydrogens (tertiary/aromatic N) is 1. The third-order valence-electron chi connectivity index (χ3n) is 3.93. The summed E-state index contributed by atoms with van der Waals surface area (Å²) < 4.78 is 52.7. The number of alkyl halides is 3. The van der Waals surface area contributed by atoms with Crippen LogP contribution in [0.3, 0.4) is 0 Å². The molecular formula is C19H21F3IN3O3. The van der Waals surface area contributed by atoms with Gasteiger partial charge in [-0.25, -0.2) is 0 Å². The van der Waals surface area contributed by atoms with Crippen LogP contribution in [0.2, 0.25) is 0 Å². The van der Waals surface area contributed by atoms with Crippen LogP contribution in [0.1, 0.15) is 11.1 Å². The van der Waals surface area contributed by atoms with E-state index in [1.807, 2.05) is 18.2 Å². The Balaban J connectivity index is 0.00000300. The summed E-state index contributed by atoms with van der Waals surface area (Å²) in [5, 5.41) is 6.21. The summed E-state index contributed by atoms with van der Waals surface area (Å²) in [4.78, 5) is 4.12. The zero-order valence-electron chi connectivity index (χ0n) is 15.6. The number of fused-ring (bicyclic) bond motifs is 1. The maximum absolute atomic E-state index is 12.4. The summed E-state index contributed by atoms with van der Waals surface area (Å²) in [7, 11) is 1.61. The third-order valence-corrected chi connectivity index (χ3v) is 3.93. The predicted octanol–water partition coefficient (Wildman–Crippen LogP) is 3.84. The minimum absolute atomic E-state index is 0. The van der Waals surface area contributed by atoms with Gasteiger partial charge in [0.05, 0.1) is 0 Å². The molecule has 1 heterocycles. The number of aliphatic imine (C=N–C) groups is 1. The van der Waals surface area contributed by atoms with Crippen molar-refractivity contribution in [3.63, 3.8) is 0 Å². The molecule has 29 heavy (non-hydrogen) atoms. The number of nitrogens with one attached hydrogen (secondary N) is 2. The van der Waals surface area contributed by atoms with Gasteiger partial charge in [-0.3, -0.25) is 4.99 Å². The van der Waals surface area contributed by atoms with Gasteiger partial charge in [0.2, 0.25) is 6.79 Å². The highest BCUT2D eigenvalue weighted by atomic mass is 127. The van der Waals surface area contributed by atoms with Crippen LogP contribution in [0.5, 0.6) is 17.2 Å². The Hall–Kier alpha value is -2.37. The van der Waals surface area contributed by atoms with Crippen molar-refractivity contribution in [1.82, 2.24) is 10.6 Å². The Bertz CT molecular complexity index is 847. The van der Waals surface area contributed by atoms with E-state index < -0.39 is 12.8 Å². The van der Waals surface area contributed by atoms with Gasteiger partial charge in [0.1, 0.15) is 5.75 Å². The lowest BCUT2D eigenvalue weighted by Gasteiger charge is -2.15. The summed E-state index contributed by atoms with van der Waals surface area (Å²) in [6.07, 6.45) is -4.39. The van der Waals surface area contributed by atoms with Gasteiger partial charge in [-0.05, 0) is 23.8 Å². The molecule has 10 heteroatoms. The molecule has 0 amide bonds. The van der Waals surface area contributed by atoms with Crippen molar-refractivity contribution in [2.75, 3.05) is 20.4 Å². The largest absolute Gasteiger partial charge is 0.484 e. The van der Waals surface area contributed by atoms with Crippen LogP contribution in [-0.4, -0.2) is 32.6 Å². The molecular weight excluding hydrogens is 502 g/mol. The molecule has 1 aliphatic heterocycles. The van der Waals surface area contributed by atoms with Gasteiger partial charge in [-0.1, -0.05) is 24.3 Å². The van der Waals surface area contributed by atoms with E-state index in [0.717, 1.165) is 5.56 Å². The number of ether oxygens (including phenoxy) is 3. The molecule has 2 aromatic carbocycles. The summed E-state index contributed by atoms with van der Waals surface area (Å²) in [5.41, 5.74) is 1.57. The lowest BCUT2D eigenvalue weighted by atomic mass is 10.2. The van der Waals surface area contributed by atoms with Gasteiger partial charge in [-0.15, -0.1) is 24.0 Å². The van der Waals surface area contributed by atoms with E-state index in [0.29, 0.717) is 29.6 Å². The van der Waals surface area contributed by atoms with Gasteiger partial charge in [-0.2, -0.15) is 13.2 Å². The number of hydrogen-bond donors (Lipinski definition) is 2. The van der Waals surface area contributed by atoms with E-state index >= 15 is 0 Å². The SMILES string of the molecule is CN=C(NCc1ccc2c(c1)OCO2)NCc1ccccc1OCC(F)(F)F.I. The summed E-state index contributed by atoms with van der Waals surface area (Å²) in [6, 6.07) is 12.2. The van der Waals surface area contributed by atoms with E-state index in [1.165, 1.54) is 6.07 Å². The predicted molar refractivity (Wildman–Crippen MR) is 113 cm³/mol. The molecule has 6 nitrogen and oxygen atoms in total. The van der Waals surface area contributed by atoms with E-state index in [4.69, 9.17) is 14.2 Å². The molecule has 2 N–H and O–H groups in total. The topological polar surface area (TPSA) is 64.1 Å². The molecule has 0 radical (unpaired) electrons. The molecule has 0 bridgehead atoms. The van der Waals surface area contributed by atoms with Crippen molar-refractivity contribution in [3.8, 4) is 17.2 Å². The maximum Gasteiger partial charge on any atom is 0.422 e. The third kappa shape index (κ3) is 6.87. The van der Waals surface area contributed by atoms with Crippen molar-refractivity contribution >= 4 is 29.9 Å². The van der Waals surface area contributed by atoms with Crippen LogP contribution < -0.4 is 24.8 Å². The van der Waals surface area contributed by atoms with E-state index in [9.17, 15) is 13.2 Å². The first-order valence-corrected chi connectivity index (χ1v) is 8.55. The van der Waals surface area contributed by atoms with Crippen molar-refractivity contribution in [1.29, 1.82) is 0 Å². The van der Waals surface area contributed by atoms with Crippen molar-refractivity contribution in [2.45, 2.75) is 19.3 Å². The second-order valence-corrected chi connectivity index (χ2v) is 5.98. The van der Waals surface area contributed by atoms with Crippen LogP contribution in [0.25, 0.3) is 0 Å². The maximum atomic E-state index is 12.4. The van der Waals surface area contributed by atoms with E-state index in [2.05, 4.69) is 15.6 Å². The van der Waals surface area contributed by atoms with Crippen molar-refractivity contribution in [3.05, 3.63) is 53.6 Å². The minimum atomic E-state index is -4.39. The number of para-hydroxylation sites is 1. The second-order valence-electron chi connectivity index (χ2n) is 5.98. The number of benzene rings is 2. The van der Waals surface area contributed by atoms with Crippen LogP contribution in [-0.2, 0) is 13.1 Å². The molecule has 0 fully saturated rings. The summed E-state index contributed by atoms with van der Waals surface area (Å²) in [6.45, 7) is -0.371. The van der Waals surface area contributed by atoms with Crippen molar-refractivity contribution < 1.29 is 27.4 Å². The van der Waals surface area contributed by atoms with Crippen LogP contribution in [0.4, 0.5) is 13.2 Å². The highest BCUT2D eigenvalue weighted by molar-refractivity contribution is 14.0. The van der Waals surface area contributed by atoms with Crippen LogP contribution in [0, 0.1) is 0 Å². The Morgan fingerprint density at radius 2 is 1.79 bits per heavy atom. The van der Waals surface area contributed by atoms with Gasteiger partial charge >= 0.3 is 6.18 Å². The number of rotatable bonds is 6. The molecule has 0 aromatic heterocycles. The Labute approximate surface area is 183 Å². The standard InChI is InChI=1S/C19H20F3N3O3.HI/c1-23-18(24-9-13-6-7-16-17(8-13)28-12-27-16)25-10-14-4-2-3-5-15(14)26-11-19(20,21)22;/h2-8H,9-12H2,1H3,(H2,23,24,25);1H. The lowest BCUT2D eigenvalue weighted by Crippen LogP contribution is -2.36. The molecule has 0 saturated carbocycles. The lowest BCUT2D eigenvalue weighted by molar-refractivity contribution is -0.153. The van der Waals surface area contributed by atoms with Gasteiger partial charge in [0, 0.05) is 25.7 Å². The molecule has 2 aromatic rings. The average Bonchev–Trinajstić information content (AvgIpc) is 3.14. The first-order chi connectivity index (χ1) is 13.4.